The van der Waals surface area contributed by atoms with Gasteiger partial charge in [-0.1, -0.05) is 19.3 Å². The Hall–Kier alpha value is -0.610. The molecule has 3 N–H and O–H groups in total. The Labute approximate surface area is 122 Å². The Bertz CT molecular complexity index is 295. The summed E-state index contributed by atoms with van der Waals surface area (Å²) in [7, 11) is 0. The number of carbonyl (C=O) groups excluding carboxylic acids is 1. The third-order valence-corrected chi connectivity index (χ3v) is 5.17. The van der Waals surface area contributed by atoms with Crippen molar-refractivity contribution in [3.63, 3.8) is 0 Å². The highest BCUT2D eigenvalue weighted by atomic mass is 16.3. The quantitative estimate of drug-likeness (QED) is 0.809. The molecule has 0 aromatic rings. The first-order valence-electron chi connectivity index (χ1n) is 8.37. The highest BCUT2D eigenvalue weighted by molar-refractivity contribution is 5.79. The predicted octanol–water partition coefficient (Wildman–Crippen LogP) is 1.91. The van der Waals surface area contributed by atoms with E-state index in [-0.39, 0.29) is 12.5 Å². The molecule has 20 heavy (non-hydrogen) atoms. The minimum absolute atomic E-state index is 0.0837. The van der Waals surface area contributed by atoms with Crippen molar-refractivity contribution in [1.82, 2.24) is 4.90 Å². The minimum atomic E-state index is 0.0837. The average molecular weight is 282 g/mol. The molecule has 4 heteroatoms. The molecule has 2 rings (SSSR count). The summed E-state index contributed by atoms with van der Waals surface area (Å²) < 4.78 is 0. The molecule has 1 amide bonds. The summed E-state index contributed by atoms with van der Waals surface area (Å²) in [6.07, 6.45) is 10.1. The first-order valence-corrected chi connectivity index (χ1v) is 8.37. The SMILES string of the molecule is NCC1CCC(C(=O)N(CCO)C2CCCCC2)CC1. The van der Waals surface area contributed by atoms with Crippen LogP contribution in [0.5, 0.6) is 0 Å². The molecule has 0 atom stereocenters. The van der Waals surface area contributed by atoms with Crippen molar-refractivity contribution in [2.75, 3.05) is 19.7 Å². The summed E-state index contributed by atoms with van der Waals surface area (Å²) >= 11 is 0. The summed E-state index contributed by atoms with van der Waals surface area (Å²) in [5, 5.41) is 9.28. The van der Waals surface area contributed by atoms with Gasteiger partial charge in [0.05, 0.1) is 6.61 Å². The van der Waals surface area contributed by atoms with E-state index < -0.39 is 0 Å². The summed E-state index contributed by atoms with van der Waals surface area (Å²) in [5.41, 5.74) is 5.72. The molecule has 0 aliphatic heterocycles. The van der Waals surface area contributed by atoms with Crippen LogP contribution in [0.3, 0.4) is 0 Å². The molecule has 0 saturated heterocycles. The van der Waals surface area contributed by atoms with Gasteiger partial charge < -0.3 is 15.7 Å². The van der Waals surface area contributed by atoms with Gasteiger partial charge in [0.2, 0.25) is 5.91 Å². The molecule has 4 nitrogen and oxygen atoms in total. The van der Waals surface area contributed by atoms with Gasteiger partial charge in [0.15, 0.2) is 0 Å². The smallest absolute Gasteiger partial charge is 0.226 e. The first-order chi connectivity index (χ1) is 9.76. The van der Waals surface area contributed by atoms with Crippen LogP contribution in [-0.4, -0.2) is 41.7 Å². The molecule has 0 radical (unpaired) electrons. The van der Waals surface area contributed by atoms with E-state index >= 15 is 0 Å². The standard InChI is InChI=1S/C16H30N2O2/c17-12-13-6-8-14(9-7-13)16(20)18(10-11-19)15-4-2-1-3-5-15/h13-15,19H,1-12,17H2. The summed E-state index contributed by atoms with van der Waals surface area (Å²) in [5.74, 6) is 1.08. The normalized spacial score (nSPS) is 28.3. The maximum absolute atomic E-state index is 12.8. The van der Waals surface area contributed by atoms with Crippen molar-refractivity contribution in [1.29, 1.82) is 0 Å². The molecule has 0 heterocycles. The average Bonchev–Trinajstić information content (AvgIpc) is 2.53. The molecule has 0 bridgehead atoms. The van der Waals surface area contributed by atoms with Gasteiger partial charge in [0, 0.05) is 18.5 Å². The van der Waals surface area contributed by atoms with Crippen molar-refractivity contribution in [3.05, 3.63) is 0 Å². The number of hydrogen-bond donors (Lipinski definition) is 2. The fraction of sp³-hybridized carbons (Fsp3) is 0.938. The third kappa shape index (κ3) is 3.95. The van der Waals surface area contributed by atoms with Crippen LogP contribution in [0, 0.1) is 11.8 Å². The van der Waals surface area contributed by atoms with Crippen LogP contribution < -0.4 is 5.73 Å². The lowest BCUT2D eigenvalue weighted by Crippen LogP contribution is -2.46. The van der Waals surface area contributed by atoms with E-state index in [0.29, 0.717) is 24.4 Å². The number of hydrogen-bond acceptors (Lipinski definition) is 3. The van der Waals surface area contributed by atoms with E-state index in [1.54, 1.807) is 0 Å². The maximum Gasteiger partial charge on any atom is 0.226 e. The minimum Gasteiger partial charge on any atom is -0.395 e. The summed E-state index contributed by atoms with van der Waals surface area (Å²) in [6, 6.07) is 0.371. The van der Waals surface area contributed by atoms with Crippen molar-refractivity contribution >= 4 is 5.91 Å². The second-order valence-corrected chi connectivity index (χ2v) is 6.50. The van der Waals surface area contributed by atoms with Gasteiger partial charge in [0.25, 0.3) is 0 Å². The largest absolute Gasteiger partial charge is 0.395 e. The Balaban J connectivity index is 1.92. The van der Waals surface area contributed by atoms with Crippen LogP contribution in [0.4, 0.5) is 0 Å². The van der Waals surface area contributed by atoms with Crippen molar-refractivity contribution < 1.29 is 9.90 Å². The number of aliphatic hydroxyl groups excluding tert-OH is 1. The summed E-state index contributed by atoms with van der Waals surface area (Å²) in [4.78, 5) is 14.8. The van der Waals surface area contributed by atoms with Gasteiger partial charge in [-0.3, -0.25) is 4.79 Å². The van der Waals surface area contributed by atoms with E-state index in [0.717, 1.165) is 45.1 Å². The zero-order valence-corrected chi connectivity index (χ0v) is 12.6. The second kappa shape index (κ2) is 7.99. The molecular formula is C16H30N2O2. The van der Waals surface area contributed by atoms with Crippen molar-refractivity contribution in [2.24, 2.45) is 17.6 Å². The lowest BCUT2D eigenvalue weighted by Gasteiger charge is -2.38. The van der Waals surface area contributed by atoms with Gasteiger partial charge in [-0.25, -0.2) is 0 Å². The fourth-order valence-electron chi connectivity index (χ4n) is 3.85. The van der Waals surface area contributed by atoms with Gasteiger partial charge in [-0.15, -0.1) is 0 Å². The third-order valence-electron chi connectivity index (χ3n) is 5.17. The van der Waals surface area contributed by atoms with E-state index in [2.05, 4.69) is 0 Å². The van der Waals surface area contributed by atoms with E-state index in [4.69, 9.17) is 5.73 Å². The lowest BCUT2D eigenvalue weighted by molar-refractivity contribution is -0.140. The number of nitrogens with zero attached hydrogens (tertiary/aromatic N) is 1. The van der Waals surface area contributed by atoms with E-state index in [1.165, 1.54) is 19.3 Å². The number of rotatable bonds is 5. The molecule has 2 fully saturated rings. The highest BCUT2D eigenvalue weighted by Crippen LogP contribution is 2.31. The van der Waals surface area contributed by atoms with Crippen molar-refractivity contribution in [3.8, 4) is 0 Å². The van der Waals surface area contributed by atoms with Gasteiger partial charge in [-0.05, 0) is 51.0 Å². The highest BCUT2D eigenvalue weighted by Gasteiger charge is 2.32. The molecule has 2 saturated carbocycles. The topological polar surface area (TPSA) is 66.6 Å². The van der Waals surface area contributed by atoms with Gasteiger partial charge in [-0.2, -0.15) is 0 Å². The zero-order chi connectivity index (χ0) is 14.4. The molecule has 0 aromatic heterocycles. The molecule has 2 aliphatic carbocycles. The monoisotopic (exact) mass is 282 g/mol. The van der Waals surface area contributed by atoms with Crippen LogP contribution in [0.2, 0.25) is 0 Å². The van der Waals surface area contributed by atoms with Crippen LogP contribution in [-0.2, 0) is 4.79 Å². The molecule has 0 spiro atoms. The van der Waals surface area contributed by atoms with Gasteiger partial charge >= 0.3 is 0 Å². The molecule has 0 aromatic carbocycles. The van der Waals surface area contributed by atoms with Crippen molar-refractivity contribution in [2.45, 2.75) is 63.8 Å². The summed E-state index contributed by atoms with van der Waals surface area (Å²) in [6.45, 7) is 1.35. The number of amides is 1. The lowest BCUT2D eigenvalue weighted by atomic mass is 9.81. The molecule has 116 valence electrons. The Morgan fingerprint density at radius 2 is 1.70 bits per heavy atom. The molecular weight excluding hydrogens is 252 g/mol. The Morgan fingerprint density at radius 1 is 1.05 bits per heavy atom. The second-order valence-electron chi connectivity index (χ2n) is 6.50. The molecule has 0 unspecified atom stereocenters. The first kappa shape index (κ1) is 15.8. The van der Waals surface area contributed by atoms with E-state index in [1.807, 2.05) is 4.90 Å². The zero-order valence-electron chi connectivity index (χ0n) is 12.6. The van der Waals surface area contributed by atoms with Crippen LogP contribution in [0.25, 0.3) is 0 Å². The van der Waals surface area contributed by atoms with Gasteiger partial charge in [0.1, 0.15) is 0 Å². The number of nitrogens with two attached hydrogens (primary N) is 1. The number of carbonyl (C=O) groups is 1. The van der Waals surface area contributed by atoms with Crippen LogP contribution in [0.1, 0.15) is 57.8 Å². The van der Waals surface area contributed by atoms with E-state index in [9.17, 15) is 9.90 Å². The predicted molar refractivity (Wildman–Crippen MR) is 80.2 cm³/mol. The fourth-order valence-corrected chi connectivity index (χ4v) is 3.85. The Kier molecular flexibility index (Phi) is 6.30. The number of aliphatic hydroxyl groups is 1. The van der Waals surface area contributed by atoms with Crippen LogP contribution >= 0.6 is 0 Å². The molecule has 2 aliphatic rings. The van der Waals surface area contributed by atoms with Crippen LogP contribution in [0.15, 0.2) is 0 Å². The maximum atomic E-state index is 12.8. The Morgan fingerprint density at radius 3 is 2.25 bits per heavy atom.